The Labute approximate surface area is 151 Å². The van der Waals surface area contributed by atoms with E-state index in [9.17, 15) is 0 Å². The zero-order valence-electron chi connectivity index (χ0n) is 16.2. The van der Waals surface area contributed by atoms with Crippen LogP contribution in [-0.4, -0.2) is 33.1 Å². The monoisotopic (exact) mass is 342 g/mol. The Morgan fingerprint density at radius 1 is 1.16 bits per heavy atom. The molecule has 25 heavy (non-hydrogen) atoms. The molecule has 4 heteroatoms. The van der Waals surface area contributed by atoms with Crippen LogP contribution in [0.1, 0.15) is 44.4 Å². The average molecular weight is 343 g/mol. The van der Waals surface area contributed by atoms with Gasteiger partial charge < -0.3 is 14.2 Å². The van der Waals surface area contributed by atoms with E-state index in [1.165, 1.54) is 49.7 Å². The van der Waals surface area contributed by atoms with E-state index in [0.717, 1.165) is 23.9 Å². The first kappa shape index (κ1) is 17.8. The maximum Gasteiger partial charge on any atom is 0.375 e. The summed E-state index contributed by atoms with van der Waals surface area (Å²) in [5.41, 5.74) is 3.32. The summed E-state index contributed by atoms with van der Waals surface area (Å²) in [5, 5.41) is 0. The number of rotatable bonds is 7. The van der Waals surface area contributed by atoms with Gasteiger partial charge in [0.1, 0.15) is 0 Å². The molecule has 1 aromatic heterocycles. The van der Waals surface area contributed by atoms with Gasteiger partial charge in [0.15, 0.2) is 6.54 Å². The highest BCUT2D eigenvalue weighted by Gasteiger charge is 2.22. The number of nitrogens with zero attached hydrogens (tertiary/aromatic N) is 3. The van der Waals surface area contributed by atoms with Crippen molar-refractivity contribution in [2.75, 3.05) is 33.1 Å². The second kappa shape index (κ2) is 7.94. The van der Waals surface area contributed by atoms with Gasteiger partial charge in [-0.1, -0.05) is 25.7 Å². The Balaban J connectivity index is 1.84. The quantitative estimate of drug-likeness (QED) is 0.701. The van der Waals surface area contributed by atoms with Gasteiger partial charge in [-0.25, -0.2) is 0 Å². The molecular weight excluding hydrogens is 310 g/mol. The lowest BCUT2D eigenvalue weighted by Crippen LogP contribution is -2.35. The van der Waals surface area contributed by atoms with Gasteiger partial charge in [0.05, 0.1) is 6.08 Å². The second-order valence-corrected chi connectivity index (χ2v) is 7.71. The van der Waals surface area contributed by atoms with Crippen LogP contribution in [0.5, 0.6) is 0 Å². The first-order chi connectivity index (χ1) is 12.0. The zero-order valence-corrected chi connectivity index (χ0v) is 16.2. The van der Waals surface area contributed by atoms with E-state index in [-0.39, 0.29) is 0 Å². The molecule has 0 N–H and O–H groups in total. The number of hydrogen-bond acceptors (Lipinski definition) is 3. The molecule has 1 heterocycles. The highest BCUT2D eigenvalue weighted by atomic mass is 16.4. The number of hydrogen-bond donors (Lipinski definition) is 0. The number of fused-ring (bicyclic) bond motifs is 1. The van der Waals surface area contributed by atoms with Crippen molar-refractivity contribution in [3.63, 3.8) is 0 Å². The maximum atomic E-state index is 6.19. The lowest BCUT2D eigenvalue weighted by atomic mass is 10.0. The maximum absolute atomic E-state index is 6.19. The van der Waals surface area contributed by atoms with Crippen LogP contribution in [0.2, 0.25) is 0 Å². The fourth-order valence-corrected chi connectivity index (χ4v) is 3.78. The van der Waals surface area contributed by atoms with E-state index in [1.807, 2.05) is 19.0 Å². The van der Waals surface area contributed by atoms with E-state index < -0.39 is 0 Å². The Kier molecular flexibility index (Phi) is 5.67. The predicted octanol–water partition coefficient (Wildman–Crippen LogP) is 4.29. The van der Waals surface area contributed by atoms with Crippen LogP contribution in [-0.2, 0) is 6.54 Å². The molecule has 2 aromatic rings. The van der Waals surface area contributed by atoms with Crippen molar-refractivity contribution in [3.05, 3.63) is 30.3 Å². The zero-order chi connectivity index (χ0) is 17.8. The number of anilines is 1. The van der Waals surface area contributed by atoms with Crippen molar-refractivity contribution in [1.29, 1.82) is 0 Å². The smallest absolute Gasteiger partial charge is 0.375 e. The summed E-state index contributed by atoms with van der Waals surface area (Å²) in [7, 11) is 8.20. The van der Waals surface area contributed by atoms with Crippen LogP contribution >= 0.6 is 0 Å². The first-order valence-electron chi connectivity index (χ1n) is 9.53. The van der Waals surface area contributed by atoms with Gasteiger partial charge in [-0.05, 0) is 18.4 Å². The van der Waals surface area contributed by atoms with E-state index >= 15 is 0 Å². The topological polar surface area (TPSA) is 23.5 Å². The van der Waals surface area contributed by atoms with E-state index in [1.54, 1.807) is 0 Å². The normalized spacial score (nSPS) is 15.5. The molecule has 0 unspecified atom stereocenters. The van der Waals surface area contributed by atoms with Crippen molar-refractivity contribution in [2.24, 2.45) is 5.92 Å². The largest absolute Gasteiger partial charge is 0.398 e. The van der Waals surface area contributed by atoms with Crippen LogP contribution in [0.3, 0.4) is 0 Å². The third-order valence-electron chi connectivity index (χ3n) is 5.22. The third-order valence-corrected chi connectivity index (χ3v) is 5.22. The Morgan fingerprint density at radius 3 is 2.60 bits per heavy atom. The SMILES string of the molecule is CN(C)/C=C/c1oc2cc(N(C)C)ccc2[n+]1CCCC1CCCC1. The molecule has 3 rings (SSSR count). The van der Waals surface area contributed by atoms with E-state index in [2.05, 4.69) is 54.0 Å². The van der Waals surface area contributed by atoms with Crippen LogP contribution < -0.4 is 9.47 Å². The Hall–Kier alpha value is -1.97. The van der Waals surface area contributed by atoms with Gasteiger partial charge in [-0.15, -0.1) is 0 Å². The standard InChI is InChI=1S/C21H32N3O/c1-22(2)15-13-21-24(14-7-10-17-8-5-6-9-17)19-12-11-18(23(3)4)16-20(19)25-21/h11-13,15-17H,5-10,14H2,1-4H3/q+1. The van der Waals surface area contributed by atoms with Crippen molar-refractivity contribution >= 4 is 22.9 Å². The number of aromatic nitrogens is 1. The Bertz CT molecular complexity index is 724. The van der Waals surface area contributed by atoms with Crippen molar-refractivity contribution in [3.8, 4) is 0 Å². The number of benzene rings is 1. The van der Waals surface area contributed by atoms with Gasteiger partial charge >= 0.3 is 5.89 Å². The van der Waals surface area contributed by atoms with Gasteiger partial charge in [-0.2, -0.15) is 4.57 Å². The minimum Gasteiger partial charge on any atom is -0.398 e. The lowest BCUT2D eigenvalue weighted by molar-refractivity contribution is -0.678. The summed E-state index contributed by atoms with van der Waals surface area (Å²) < 4.78 is 8.52. The van der Waals surface area contributed by atoms with Gasteiger partial charge in [0, 0.05) is 58.6 Å². The lowest BCUT2D eigenvalue weighted by Gasteiger charge is -2.10. The highest BCUT2D eigenvalue weighted by Crippen LogP contribution is 2.28. The molecule has 0 atom stereocenters. The van der Waals surface area contributed by atoms with Gasteiger partial charge in [0.25, 0.3) is 5.52 Å². The second-order valence-electron chi connectivity index (χ2n) is 7.71. The molecule has 1 aliphatic rings. The summed E-state index contributed by atoms with van der Waals surface area (Å²) in [6, 6.07) is 6.50. The highest BCUT2D eigenvalue weighted by molar-refractivity contribution is 5.75. The minimum atomic E-state index is 0.936. The molecular formula is C21H32N3O+. The van der Waals surface area contributed by atoms with E-state index in [0.29, 0.717) is 0 Å². The van der Waals surface area contributed by atoms with Crippen molar-refractivity contribution in [1.82, 2.24) is 4.90 Å². The molecule has 1 saturated carbocycles. The summed E-state index contributed by atoms with van der Waals surface area (Å²) in [4.78, 5) is 4.16. The molecule has 0 bridgehead atoms. The van der Waals surface area contributed by atoms with Crippen LogP contribution in [0.4, 0.5) is 5.69 Å². The summed E-state index contributed by atoms with van der Waals surface area (Å²) in [6.45, 7) is 1.03. The van der Waals surface area contributed by atoms with Crippen LogP contribution in [0, 0.1) is 5.92 Å². The molecule has 1 aliphatic carbocycles. The molecule has 136 valence electrons. The number of oxazole rings is 1. The third kappa shape index (κ3) is 4.36. The van der Waals surface area contributed by atoms with Gasteiger partial charge in [0.2, 0.25) is 5.58 Å². The van der Waals surface area contributed by atoms with Gasteiger partial charge in [-0.3, -0.25) is 0 Å². The summed E-state index contributed by atoms with van der Waals surface area (Å²) in [5.74, 6) is 1.88. The molecule has 0 aliphatic heterocycles. The first-order valence-corrected chi connectivity index (χ1v) is 9.53. The van der Waals surface area contributed by atoms with E-state index in [4.69, 9.17) is 4.42 Å². The Morgan fingerprint density at radius 2 is 1.92 bits per heavy atom. The molecule has 0 spiro atoms. The van der Waals surface area contributed by atoms with Crippen molar-refractivity contribution < 1.29 is 8.98 Å². The fraction of sp³-hybridized carbons (Fsp3) is 0.571. The molecule has 1 fully saturated rings. The molecule has 0 radical (unpaired) electrons. The van der Waals surface area contributed by atoms with Crippen LogP contribution in [0.25, 0.3) is 17.2 Å². The molecule has 1 aromatic carbocycles. The van der Waals surface area contributed by atoms with Crippen molar-refractivity contribution in [2.45, 2.75) is 45.1 Å². The summed E-state index contributed by atoms with van der Waals surface area (Å²) >= 11 is 0. The fourth-order valence-electron chi connectivity index (χ4n) is 3.78. The number of aryl methyl sites for hydroxylation is 1. The minimum absolute atomic E-state index is 0.936. The molecule has 0 amide bonds. The predicted molar refractivity (Wildman–Crippen MR) is 105 cm³/mol. The summed E-state index contributed by atoms with van der Waals surface area (Å²) in [6.07, 6.45) is 12.4. The van der Waals surface area contributed by atoms with Crippen LogP contribution in [0.15, 0.2) is 28.8 Å². The average Bonchev–Trinajstić information content (AvgIpc) is 3.20. The molecule has 0 saturated heterocycles. The molecule has 4 nitrogen and oxygen atoms in total.